The van der Waals surface area contributed by atoms with Gasteiger partial charge in [-0.15, -0.1) is 0 Å². The molecular weight excluding hydrogens is 448 g/mol. The van der Waals surface area contributed by atoms with E-state index in [1.54, 1.807) is 0 Å². The lowest BCUT2D eigenvalue weighted by Crippen LogP contribution is -1.92. The van der Waals surface area contributed by atoms with Crippen molar-refractivity contribution in [1.29, 1.82) is 0 Å². The highest BCUT2D eigenvalue weighted by molar-refractivity contribution is 5.23. The first-order chi connectivity index (χ1) is 16.1. The van der Waals surface area contributed by atoms with Crippen LogP contribution in [0.3, 0.4) is 0 Å². The fourth-order valence-corrected chi connectivity index (χ4v) is 3.25. The first kappa shape index (κ1) is 32.8. The van der Waals surface area contributed by atoms with E-state index in [1.165, 1.54) is 45.0 Å². The monoisotopic (exact) mass is 498 g/mol. The smallest absolute Gasteiger partial charge is 0.0625 e. The molecule has 0 aliphatic rings. The molecule has 0 unspecified atom stereocenters. The molecule has 8 nitrogen and oxygen atoms in total. The molecule has 0 atom stereocenters. The number of aromatic amines is 1. The normalized spacial score (nSPS) is 9.86. The van der Waals surface area contributed by atoms with Crippen LogP contribution in [0, 0.1) is 83.1 Å². The molecule has 4 aromatic heterocycles. The van der Waals surface area contributed by atoms with E-state index in [9.17, 15) is 0 Å². The number of aromatic nitrogens is 8. The average Bonchev–Trinajstić information content (AvgIpc) is 3.39. The molecule has 202 valence electrons. The molecule has 0 radical (unpaired) electrons. The van der Waals surface area contributed by atoms with E-state index in [0.29, 0.717) is 0 Å². The van der Waals surface area contributed by atoms with Gasteiger partial charge in [-0.3, -0.25) is 19.1 Å². The molecule has 1 N–H and O–H groups in total. The fourth-order valence-electron chi connectivity index (χ4n) is 3.25. The summed E-state index contributed by atoms with van der Waals surface area (Å²) < 4.78 is 5.72. The van der Waals surface area contributed by atoms with Gasteiger partial charge in [0.2, 0.25) is 0 Å². The average molecular weight is 499 g/mol. The zero-order valence-electron chi connectivity index (χ0n) is 24.6. The maximum absolute atomic E-state index is 4.23. The van der Waals surface area contributed by atoms with Gasteiger partial charge in [0.15, 0.2) is 0 Å². The molecule has 36 heavy (non-hydrogen) atoms. The largest absolute Gasteiger partial charge is 0.282 e. The van der Waals surface area contributed by atoms with Crippen molar-refractivity contribution in [2.45, 2.75) is 90.5 Å². The van der Waals surface area contributed by atoms with E-state index in [-0.39, 0.29) is 7.43 Å². The second-order valence-corrected chi connectivity index (χ2v) is 9.32. The Balaban J connectivity index is 0.000000450. The molecule has 0 saturated carbocycles. The summed E-state index contributed by atoms with van der Waals surface area (Å²) in [6.07, 6.45) is 0. The minimum absolute atomic E-state index is 0. The summed E-state index contributed by atoms with van der Waals surface area (Å²) in [4.78, 5) is 0. The van der Waals surface area contributed by atoms with Crippen LogP contribution in [-0.2, 0) is 21.1 Å². The Bertz CT molecular complexity index is 1040. The van der Waals surface area contributed by atoms with Crippen LogP contribution in [0.5, 0.6) is 0 Å². The Kier molecular flexibility index (Phi) is 12.6. The van der Waals surface area contributed by atoms with Crippen LogP contribution in [0.15, 0.2) is 0 Å². The van der Waals surface area contributed by atoms with Crippen molar-refractivity contribution in [3.05, 3.63) is 67.8 Å². The first-order valence-corrected chi connectivity index (χ1v) is 12.0. The third kappa shape index (κ3) is 8.21. The van der Waals surface area contributed by atoms with Crippen LogP contribution in [0.1, 0.15) is 75.2 Å². The molecule has 0 bridgehead atoms. The summed E-state index contributed by atoms with van der Waals surface area (Å²) in [5, 5.41) is 19.6. The van der Waals surface area contributed by atoms with Crippen molar-refractivity contribution < 1.29 is 0 Å². The van der Waals surface area contributed by atoms with Crippen LogP contribution < -0.4 is 0 Å². The van der Waals surface area contributed by atoms with E-state index in [2.05, 4.69) is 74.0 Å². The molecule has 0 aromatic carbocycles. The van der Waals surface area contributed by atoms with Crippen LogP contribution in [-0.4, -0.2) is 39.5 Å². The molecule has 0 amide bonds. The molecule has 0 aliphatic carbocycles. The molecule has 4 heterocycles. The lowest BCUT2D eigenvalue weighted by Gasteiger charge is -1.90. The number of hydrogen-bond acceptors (Lipinski definition) is 4. The molecule has 0 fully saturated rings. The molecule has 4 aromatic rings. The number of nitrogens with zero attached hydrogens (tertiary/aromatic N) is 7. The third-order valence-electron chi connectivity index (χ3n) is 7.11. The van der Waals surface area contributed by atoms with E-state index in [0.717, 1.165) is 22.8 Å². The number of rotatable bonds is 0. The van der Waals surface area contributed by atoms with E-state index in [1.807, 2.05) is 69.8 Å². The van der Waals surface area contributed by atoms with Gasteiger partial charge in [0.25, 0.3) is 0 Å². The van der Waals surface area contributed by atoms with E-state index >= 15 is 0 Å². The van der Waals surface area contributed by atoms with Crippen molar-refractivity contribution in [1.82, 2.24) is 39.5 Å². The van der Waals surface area contributed by atoms with Crippen LogP contribution in [0.4, 0.5) is 0 Å². The third-order valence-corrected chi connectivity index (χ3v) is 7.11. The second-order valence-electron chi connectivity index (χ2n) is 9.32. The SMILES string of the molecule is C.Cc1n[nH]c(C)c1C.Cc1nn(C)c(C)c1C.Cc1nn(C)c(C)c1C.Cc1nn(C)c(C)c1C. The maximum atomic E-state index is 4.23. The van der Waals surface area contributed by atoms with Gasteiger partial charge in [0.1, 0.15) is 0 Å². The quantitative estimate of drug-likeness (QED) is 0.322. The van der Waals surface area contributed by atoms with Gasteiger partial charge in [-0.05, 0) is 105 Å². The molecule has 0 aliphatic heterocycles. The van der Waals surface area contributed by atoms with Gasteiger partial charge in [0, 0.05) is 43.9 Å². The van der Waals surface area contributed by atoms with Gasteiger partial charge in [-0.2, -0.15) is 20.4 Å². The number of nitrogens with one attached hydrogen (secondary N) is 1. The van der Waals surface area contributed by atoms with Crippen molar-refractivity contribution >= 4 is 0 Å². The molecule has 8 heteroatoms. The number of H-pyrrole nitrogens is 1. The zero-order chi connectivity index (χ0) is 27.2. The van der Waals surface area contributed by atoms with Gasteiger partial charge in [-0.25, -0.2) is 0 Å². The Morgan fingerprint density at radius 1 is 0.444 bits per heavy atom. The van der Waals surface area contributed by atoms with Gasteiger partial charge < -0.3 is 0 Å². The van der Waals surface area contributed by atoms with Gasteiger partial charge >= 0.3 is 0 Å². The highest BCUT2D eigenvalue weighted by atomic mass is 15.3. The zero-order valence-corrected chi connectivity index (χ0v) is 24.6. The highest BCUT2D eigenvalue weighted by Crippen LogP contribution is 2.09. The van der Waals surface area contributed by atoms with Gasteiger partial charge in [-0.1, -0.05) is 7.43 Å². The van der Waals surface area contributed by atoms with Gasteiger partial charge in [0.05, 0.1) is 22.8 Å². The Hall–Kier alpha value is -3.16. The Morgan fingerprint density at radius 3 is 0.778 bits per heavy atom. The van der Waals surface area contributed by atoms with Crippen molar-refractivity contribution in [2.24, 2.45) is 21.1 Å². The summed E-state index contributed by atoms with van der Waals surface area (Å²) in [7, 11) is 5.90. The topological polar surface area (TPSA) is 82.1 Å². The first-order valence-electron chi connectivity index (χ1n) is 12.0. The Labute approximate surface area is 219 Å². The summed E-state index contributed by atoms with van der Waals surface area (Å²) >= 11 is 0. The lowest BCUT2D eigenvalue weighted by molar-refractivity contribution is 0.730. The van der Waals surface area contributed by atoms with Crippen LogP contribution >= 0.6 is 0 Å². The summed E-state index contributed by atoms with van der Waals surface area (Å²) in [5.74, 6) is 0. The molecule has 0 spiro atoms. The summed E-state index contributed by atoms with van der Waals surface area (Å²) in [6.45, 7) is 24.7. The van der Waals surface area contributed by atoms with E-state index < -0.39 is 0 Å². The predicted molar refractivity (Wildman–Crippen MR) is 152 cm³/mol. The predicted octanol–water partition coefficient (Wildman–Crippen LogP) is 6.01. The van der Waals surface area contributed by atoms with Crippen LogP contribution in [0.25, 0.3) is 0 Å². The Morgan fingerprint density at radius 2 is 0.722 bits per heavy atom. The number of hydrogen-bond donors (Lipinski definition) is 1. The summed E-state index contributed by atoms with van der Waals surface area (Å²) in [6, 6.07) is 0. The highest BCUT2D eigenvalue weighted by Gasteiger charge is 2.03. The van der Waals surface area contributed by atoms with E-state index in [4.69, 9.17) is 0 Å². The molecule has 4 rings (SSSR count). The molecule has 0 saturated heterocycles. The molecular formula is C28H50N8. The second kappa shape index (κ2) is 13.8. The van der Waals surface area contributed by atoms with Crippen molar-refractivity contribution in [3.63, 3.8) is 0 Å². The van der Waals surface area contributed by atoms with Crippen LogP contribution in [0.2, 0.25) is 0 Å². The standard InChI is InChI=1S/3C7H12N2.C6H10N2.CH4/c3*1-5-6(2)8-9(4)7(5)3;1-4-5(2)7-8-6(4)3;/h3*1-4H3;1-3H3,(H,7,8);1H4. The fraction of sp³-hybridized carbons (Fsp3) is 0.571. The minimum Gasteiger partial charge on any atom is -0.282 e. The lowest BCUT2D eigenvalue weighted by atomic mass is 10.2. The van der Waals surface area contributed by atoms with Crippen molar-refractivity contribution in [2.75, 3.05) is 0 Å². The summed E-state index contributed by atoms with van der Waals surface area (Å²) in [5.41, 5.74) is 14.6. The minimum atomic E-state index is 0. The maximum Gasteiger partial charge on any atom is 0.0625 e. The number of aryl methyl sites for hydroxylation is 8. The van der Waals surface area contributed by atoms with Crippen molar-refractivity contribution in [3.8, 4) is 0 Å².